The van der Waals surface area contributed by atoms with Gasteiger partial charge in [-0.2, -0.15) is 0 Å². The summed E-state index contributed by atoms with van der Waals surface area (Å²) in [6.07, 6.45) is 2.20. The molecule has 1 atom stereocenters. The fourth-order valence-electron chi connectivity index (χ4n) is 0.505. The fourth-order valence-corrected chi connectivity index (χ4v) is 4.27. The molecule has 1 rings (SSSR count). The van der Waals surface area contributed by atoms with Gasteiger partial charge in [0.25, 0.3) is 0 Å². The third-order valence-electron chi connectivity index (χ3n) is 0.957. The predicted molar refractivity (Wildman–Crippen MR) is 69.9 cm³/mol. The summed E-state index contributed by atoms with van der Waals surface area (Å²) < 4.78 is 4.61. The first kappa shape index (κ1) is 9.24. The zero-order valence-corrected chi connectivity index (χ0v) is 12.2. The number of halogens is 4. The molecule has 4 heteroatoms. The SMILES string of the molecule is BrC1=C(I)C=C(I)C1I. The van der Waals surface area contributed by atoms with E-state index in [-0.39, 0.29) is 0 Å². The van der Waals surface area contributed by atoms with E-state index in [0.717, 1.165) is 0 Å². The molecule has 0 fully saturated rings. The third-order valence-corrected chi connectivity index (χ3v) is 7.75. The lowest BCUT2D eigenvalue weighted by Gasteiger charge is -1.99. The van der Waals surface area contributed by atoms with Crippen LogP contribution in [0.15, 0.2) is 17.7 Å². The van der Waals surface area contributed by atoms with Crippen LogP contribution in [0.1, 0.15) is 0 Å². The Morgan fingerprint density at radius 3 is 2.11 bits per heavy atom. The summed E-state index contributed by atoms with van der Waals surface area (Å²) in [5.74, 6) is 0. The van der Waals surface area contributed by atoms with Gasteiger partial charge in [0.15, 0.2) is 0 Å². The van der Waals surface area contributed by atoms with Crippen LogP contribution < -0.4 is 0 Å². The van der Waals surface area contributed by atoms with Crippen molar-refractivity contribution >= 4 is 83.7 Å². The lowest BCUT2D eigenvalue weighted by atomic mass is 10.5. The monoisotopic (exact) mass is 522 g/mol. The first-order valence-corrected chi connectivity index (χ1v) is 6.39. The zero-order chi connectivity index (χ0) is 7.02. The van der Waals surface area contributed by atoms with E-state index in [1.165, 1.54) is 11.6 Å². The minimum absolute atomic E-state index is 0.565. The van der Waals surface area contributed by atoms with Gasteiger partial charge < -0.3 is 0 Å². The minimum Gasteiger partial charge on any atom is -0.0710 e. The molecule has 0 spiro atoms. The van der Waals surface area contributed by atoms with E-state index in [1.54, 1.807) is 0 Å². The van der Waals surface area contributed by atoms with Crippen molar-refractivity contribution in [2.45, 2.75) is 3.92 Å². The van der Waals surface area contributed by atoms with Crippen molar-refractivity contribution in [2.75, 3.05) is 0 Å². The molecular formula is C5H2BrI3. The highest BCUT2D eigenvalue weighted by Crippen LogP contribution is 2.41. The summed E-state index contributed by atoms with van der Waals surface area (Å²) >= 11 is 10.6. The van der Waals surface area contributed by atoms with Crippen molar-refractivity contribution in [1.82, 2.24) is 0 Å². The summed E-state index contributed by atoms with van der Waals surface area (Å²) in [7, 11) is 0. The van der Waals surface area contributed by atoms with Crippen LogP contribution in [0.3, 0.4) is 0 Å². The molecule has 1 aliphatic rings. The smallest absolute Gasteiger partial charge is 0.0710 e. The summed E-state index contributed by atoms with van der Waals surface area (Å²) in [6.45, 7) is 0. The van der Waals surface area contributed by atoms with Gasteiger partial charge in [0.05, 0.1) is 3.92 Å². The molecule has 0 aromatic rings. The lowest BCUT2D eigenvalue weighted by molar-refractivity contribution is 1.50. The number of hydrogen-bond donors (Lipinski definition) is 0. The van der Waals surface area contributed by atoms with Crippen molar-refractivity contribution in [3.05, 3.63) is 17.7 Å². The third kappa shape index (κ3) is 2.05. The average Bonchev–Trinajstić information content (AvgIpc) is 1.98. The van der Waals surface area contributed by atoms with E-state index < -0.39 is 0 Å². The maximum absolute atomic E-state index is 3.52. The van der Waals surface area contributed by atoms with Crippen LogP contribution in [0.5, 0.6) is 0 Å². The molecule has 1 aliphatic carbocycles. The molecule has 0 radical (unpaired) electrons. The van der Waals surface area contributed by atoms with E-state index >= 15 is 0 Å². The molecule has 1 unspecified atom stereocenters. The Labute approximate surface area is 103 Å². The zero-order valence-electron chi connectivity index (χ0n) is 4.17. The highest BCUT2D eigenvalue weighted by molar-refractivity contribution is 14.1. The minimum atomic E-state index is 0.565. The fraction of sp³-hybridized carbons (Fsp3) is 0.200. The highest BCUT2D eigenvalue weighted by atomic mass is 127. The van der Waals surface area contributed by atoms with Crippen LogP contribution in [0, 0.1) is 0 Å². The molecular weight excluding hydrogens is 521 g/mol. The first-order chi connectivity index (χ1) is 4.13. The van der Waals surface area contributed by atoms with Gasteiger partial charge in [-0.25, -0.2) is 0 Å². The van der Waals surface area contributed by atoms with E-state index in [1.807, 2.05) is 0 Å². The summed E-state index contributed by atoms with van der Waals surface area (Å²) in [5.41, 5.74) is 0. The largest absolute Gasteiger partial charge is 0.0742 e. The standard InChI is InChI=1S/C5H2BrI3/c6-4-2(7)1-3(8)5(4)9/h1,5H. The van der Waals surface area contributed by atoms with Gasteiger partial charge in [-0.15, -0.1) is 0 Å². The summed E-state index contributed by atoms with van der Waals surface area (Å²) in [4.78, 5) is 0. The number of hydrogen-bond acceptors (Lipinski definition) is 0. The Morgan fingerprint density at radius 1 is 1.44 bits per heavy atom. The molecule has 0 aliphatic heterocycles. The molecule has 0 saturated carbocycles. The topological polar surface area (TPSA) is 0 Å². The van der Waals surface area contributed by atoms with Crippen LogP contribution in [0.4, 0.5) is 0 Å². The molecule has 0 aromatic carbocycles. The van der Waals surface area contributed by atoms with E-state index in [4.69, 9.17) is 0 Å². The summed E-state index contributed by atoms with van der Waals surface area (Å²) in [5, 5.41) is 0. The highest BCUT2D eigenvalue weighted by Gasteiger charge is 2.19. The van der Waals surface area contributed by atoms with Gasteiger partial charge in [-0.3, -0.25) is 0 Å². The second kappa shape index (κ2) is 3.70. The molecule has 0 saturated heterocycles. The van der Waals surface area contributed by atoms with Crippen molar-refractivity contribution in [2.24, 2.45) is 0 Å². The molecule has 0 heterocycles. The quantitative estimate of drug-likeness (QED) is 0.331. The molecule has 50 valence electrons. The van der Waals surface area contributed by atoms with Crippen LogP contribution in [0.25, 0.3) is 0 Å². The molecule has 9 heavy (non-hydrogen) atoms. The van der Waals surface area contributed by atoms with E-state index in [2.05, 4.69) is 89.8 Å². The van der Waals surface area contributed by atoms with Gasteiger partial charge >= 0.3 is 0 Å². The summed E-state index contributed by atoms with van der Waals surface area (Å²) in [6, 6.07) is 0. The second-order valence-electron chi connectivity index (χ2n) is 1.59. The average molecular weight is 523 g/mol. The predicted octanol–water partition coefficient (Wildman–Crippen LogP) is 4.16. The lowest BCUT2D eigenvalue weighted by Crippen LogP contribution is -1.89. The molecule has 0 N–H and O–H groups in total. The van der Waals surface area contributed by atoms with Crippen molar-refractivity contribution < 1.29 is 0 Å². The number of allylic oxidation sites excluding steroid dienone is 4. The Bertz CT molecular complexity index is 194. The first-order valence-electron chi connectivity index (χ1n) is 2.19. The normalized spacial score (nSPS) is 27.1. The van der Waals surface area contributed by atoms with Crippen LogP contribution in [-0.4, -0.2) is 3.92 Å². The molecule has 0 aromatic heterocycles. The molecule has 0 amide bonds. The number of alkyl halides is 1. The van der Waals surface area contributed by atoms with Crippen molar-refractivity contribution in [3.63, 3.8) is 0 Å². The van der Waals surface area contributed by atoms with Crippen molar-refractivity contribution in [3.8, 4) is 0 Å². The van der Waals surface area contributed by atoms with Gasteiger partial charge in [0.1, 0.15) is 0 Å². The Kier molecular flexibility index (Phi) is 3.80. The van der Waals surface area contributed by atoms with E-state index in [0.29, 0.717) is 3.92 Å². The Balaban J connectivity index is 2.92. The number of rotatable bonds is 0. The van der Waals surface area contributed by atoms with Crippen LogP contribution in [-0.2, 0) is 0 Å². The van der Waals surface area contributed by atoms with Crippen LogP contribution >= 0.6 is 83.7 Å². The maximum atomic E-state index is 3.52. The van der Waals surface area contributed by atoms with Gasteiger partial charge in [0.2, 0.25) is 0 Å². The van der Waals surface area contributed by atoms with Crippen LogP contribution in [0.2, 0.25) is 0 Å². The molecule has 0 bridgehead atoms. The molecule has 0 nitrogen and oxygen atoms in total. The van der Waals surface area contributed by atoms with Crippen molar-refractivity contribution in [1.29, 1.82) is 0 Å². The van der Waals surface area contributed by atoms with Gasteiger partial charge in [-0.05, 0) is 51.3 Å². The second-order valence-corrected chi connectivity index (χ2v) is 6.10. The Hall–Kier alpha value is 2.15. The van der Waals surface area contributed by atoms with E-state index in [9.17, 15) is 0 Å². The maximum Gasteiger partial charge on any atom is 0.0742 e. The van der Waals surface area contributed by atoms with Gasteiger partial charge in [-0.1, -0.05) is 38.5 Å². The Morgan fingerprint density at radius 2 is 2.00 bits per heavy atom. The van der Waals surface area contributed by atoms with Gasteiger partial charge in [0, 0.05) is 11.6 Å².